The Morgan fingerprint density at radius 2 is 2.00 bits per heavy atom. The first-order chi connectivity index (χ1) is 14.9. The van der Waals surface area contributed by atoms with Gasteiger partial charge in [-0.1, -0.05) is 55.3 Å². The number of nitrogens with one attached hydrogen (secondary N) is 1. The number of carbonyl (C=O) groups excluding carboxylic acids is 1. The van der Waals surface area contributed by atoms with E-state index >= 15 is 0 Å². The first-order valence-electron chi connectivity index (χ1n) is 10.5. The fraction of sp³-hybridized carbons (Fsp3) is 0.333. The zero-order valence-electron chi connectivity index (χ0n) is 17.9. The summed E-state index contributed by atoms with van der Waals surface area (Å²) in [6, 6.07) is 15.7. The summed E-state index contributed by atoms with van der Waals surface area (Å²) < 4.78 is 7.78. The third-order valence-electron chi connectivity index (χ3n) is 6.02. The highest BCUT2D eigenvalue weighted by Gasteiger charge is 2.41. The minimum Gasteiger partial charge on any atom is -0.489 e. The Bertz CT molecular complexity index is 1190. The Morgan fingerprint density at radius 3 is 2.84 bits per heavy atom. The molecule has 0 radical (unpaired) electrons. The number of allylic oxidation sites excluding steroid dienone is 2. The number of aryl methyl sites for hydroxylation is 1. The number of ketones is 1. The van der Waals surface area contributed by atoms with E-state index in [0.717, 1.165) is 34.6 Å². The van der Waals surface area contributed by atoms with Crippen LogP contribution in [-0.2, 0) is 11.4 Å². The molecule has 2 heterocycles. The Kier molecular flexibility index (Phi) is 4.61. The van der Waals surface area contributed by atoms with Crippen LogP contribution in [0.5, 0.6) is 5.75 Å². The molecule has 0 amide bonds. The third-order valence-corrected chi connectivity index (χ3v) is 6.02. The molecule has 7 nitrogen and oxygen atoms in total. The Labute approximate surface area is 181 Å². The average Bonchev–Trinajstić information content (AvgIpc) is 3.19. The predicted octanol–water partition coefficient (Wildman–Crippen LogP) is 4.22. The molecule has 5 rings (SSSR count). The van der Waals surface area contributed by atoms with E-state index < -0.39 is 0 Å². The van der Waals surface area contributed by atoms with Gasteiger partial charge in [0.1, 0.15) is 18.4 Å². The molecule has 0 saturated carbocycles. The molecule has 1 aromatic heterocycles. The van der Waals surface area contributed by atoms with Gasteiger partial charge in [-0.3, -0.25) is 4.79 Å². The Morgan fingerprint density at radius 1 is 1.16 bits per heavy atom. The van der Waals surface area contributed by atoms with Crippen molar-refractivity contribution in [2.45, 2.75) is 46.3 Å². The van der Waals surface area contributed by atoms with E-state index in [1.165, 1.54) is 5.56 Å². The molecular weight excluding hydrogens is 390 g/mol. The normalized spacial score (nSPS) is 19.5. The van der Waals surface area contributed by atoms with E-state index in [9.17, 15) is 4.79 Å². The number of nitrogens with zero attached hydrogens (tertiary/aromatic N) is 4. The van der Waals surface area contributed by atoms with E-state index in [-0.39, 0.29) is 17.2 Å². The lowest BCUT2D eigenvalue weighted by molar-refractivity contribution is -0.118. The minimum absolute atomic E-state index is 0.0956. The molecule has 1 aliphatic heterocycles. The van der Waals surface area contributed by atoms with E-state index in [2.05, 4.69) is 53.7 Å². The standard InChI is InChI=1S/C24H25N5O2/c1-15-7-4-5-8-17(15)14-31-18-10-6-9-16(11-18)22-21-19(12-24(2,3)13-20(21)30)25-23-26-27-28-29(22)23/h4-11,22H,12-14H2,1-3H3,(H,25,26,28). The molecule has 1 aliphatic carbocycles. The first-order valence-corrected chi connectivity index (χ1v) is 10.5. The van der Waals surface area contributed by atoms with Crippen molar-refractivity contribution in [2.75, 3.05) is 5.32 Å². The van der Waals surface area contributed by atoms with Crippen LogP contribution in [0.25, 0.3) is 0 Å². The summed E-state index contributed by atoms with van der Waals surface area (Å²) in [4.78, 5) is 13.2. The van der Waals surface area contributed by atoms with Gasteiger partial charge in [0, 0.05) is 17.7 Å². The van der Waals surface area contributed by atoms with Crippen LogP contribution in [0, 0.1) is 12.3 Å². The van der Waals surface area contributed by atoms with Crippen LogP contribution < -0.4 is 10.1 Å². The molecule has 3 aromatic rings. The van der Waals surface area contributed by atoms with Crippen LogP contribution in [0.2, 0.25) is 0 Å². The third kappa shape index (κ3) is 3.60. The fourth-order valence-corrected chi connectivity index (χ4v) is 4.49. The molecule has 0 spiro atoms. The molecule has 1 N–H and O–H groups in total. The summed E-state index contributed by atoms with van der Waals surface area (Å²) in [5.74, 6) is 1.44. The number of rotatable bonds is 4. The molecule has 0 fully saturated rings. The summed E-state index contributed by atoms with van der Waals surface area (Å²) in [5.41, 5.74) is 4.84. The monoisotopic (exact) mass is 415 g/mol. The topological polar surface area (TPSA) is 81.9 Å². The number of benzene rings is 2. The molecule has 158 valence electrons. The van der Waals surface area contributed by atoms with Crippen LogP contribution >= 0.6 is 0 Å². The molecule has 1 unspecified atom stereocenters. The lowest BCUT2D eigenvalue weighted by Gasteiger charge is -2.37. The number of carbonyl (C=O) groups is 1. The molecule has 0 saturated heterocycles. The minimum atomic E-state index is -0.369. The van der Waals surface area contributed by atoms with Gasteiger partial charge in [0.05, 0.1) is 0 Å². The van der Waals surface area contributed by atoms with Crippen molar-refractivity contribution in [1.82, 2.24) is 20.2 Å². The number of ether oxygens (including phenoxy) is 1. The van der Waals surface area contributed by atoms with Gasteiger partial charge in [0.25, 0.3) is 0 Å². The summed E-state index contributed by atoms with van der Waals surface area (Å²) in [7, 11) is 0. The maximum Gasteiger partial charge on any atom is 0.248 e. The van der Waals surface area contributed by atoms with Crippen LogP contribution in [0.1, 0.15) is 49.4 Å². The number of anilines is 1. The van der Waals surface area contributed by atoms with E-state index in [1.807, 2.05) is 36.4 Å². The number of hydrogen-bond donors (Lipinski definition) is 1. The molecule has 2 aliphatic rings. The molecule has 0 bridgehead atoms. The molecule has 31 heavy (non-hydrogen) atoms. The summed E-state index contributed by atoms with van der Waals surface area (Å²) in [5, 5.41) is 15.4. The van der Waals surface area contributed by atoms with E-state index in [0.29, 0.717) is 19.0 Å². The van der Waals surface area contributed by atoms with Crippen molar-refractivity contribution in [2.24, 2.45) is 5.41 Å². The van der Waals surface area contributed by atoms with Crippen molar-refractivity contribution in [3.05, 3.63) is 76.5 Å². The van der Waals surface area contributed by atoms with Crippen molar-refractivity contribution in [3.63, 3.8) is 0 Å². The van der Waals surface area contributed by atoms with Gasteiger partial charge >= 0.3 is 0 Å². The number of Topliss-reactive ketones (excluding diaryl/α,β-unsaturated/α-hetero) is 1. The average molecular weight is 415 g/mol. The quantitative estimate of drug-likeness (QED) is 0.687. The van der Waals surface area contributed by atoms with Crippen LogP contribution in [0.3, 0.4) is 0 Å². The van der Waals surface area contributed by atoms with Crippen LogP contribution in [0.15, 0.2) is 59.8 Å². The summed E-state index contributed by atoms with van der Waals surface area (Å²) >= 11 is 0. The summed E-state index contributed by atoms with van der Waals surface area (Å²) in [6.07, 6.45) is 1.28. The van der Waals surface area contributed by atoms with Gasteiger partial charge in [-0.25, -0.2) is 0 Å². The number of fused-ring (bicyclic) bond motifs is 1. The highest BCUT2D eigenvalue weighted by Crippen LogP contribution is 2.45. The highest BCUT2D eigenvalue weighted by atomic mass is 16.5. The maximum absolute atomic E-state index is 13.2. The molecule has 1 atom stereocenters. The largest absolute Gasteiger partial charge is 0.489 e. The van der Waals surface area contributed by atoms with Gasteiger partial charge in [0.15, 0.2) is 5.78 Å². The lowest BCUT2D eigenvalue weighted by atomic mass is 9.73. The van der Waals surface area contributed by atoms with Gasteiger partial charge in [-0.15, -0.1) is 0 Å². The first kappa shape index (κ1) is 19.5. The van der Waals surface area contributed by atoms with Gasteiger partial charge in [0.2, 0.25) is 5.95 Å². The zero-order valence-corrected chi connectivity index (χ0v) is 17.9. The fourth-order valence-electron chi connectivity index (χ4n) is 4.49. The van der Waals surface area contributed by atoms with E-state index in [1.54, 1.807) is 4.68 Å². The van der Waals surface area contributed by atoms with Gasteiger partial charge < -0.3 is 10.1 Å². The number of hydrogen-bond acceptors (Lipinski definition) is 6. The molecule has 7 heteroatoms. The van der Waals surface area contributed by atoms with Crippen molar-refractivity contribution in [1.29, 1.82) is 0 Å². The Hall–Kier alpha value is -3.48. The summed E-state index contributed by atoms with van der Waals surface area (Å²) in [6.45, 7) is 6.79. The highest BCUT2D eigenvalue weighted by molar-refractivity contribution is 6.00. The smallest absolute Gasteiger partial charge is 0.248 e. The second-order valence-corrected chi connectivity index (χ2v) is 9.10. The number of tetrazole rings is 1. The zero-order chi connectivity index (χ0) is 21.6. The van der Waals surface area contributed by atoms with Crippen LogP contribution in [0.4, 0.5) is 5.95 Å². The van der Waals surface area contributed by atoms with Crippen molar-refractivity contribution < 1.29 is 9.53 Å². The van der Waals surface area contributed by atoms with Gasteiger partial charge in [-0.05, 0) is 58.0 Å². The second-order valence-electron chi connectivity index (χ2n) is 9.10. The van der Waals surface area contributed by atoms with Crippen molar-refractivity contribution in [3.8, 4) is 5.75 Å². The lowest BCUT2D eigenvalue weighted by Crippen LogP contribution is -2.36. The van der Waals surface area contributed by atoms with Crippen LogP contribution in [-0.4, -0.2) is 26.0 Å². The van der Waals surface area contributed by atoms with Gasteiger partial charge in [-0.2, -0.15) is 4.68 Å². The predicted molar refractivity (Wildman–Crippen MR) is 117 cm³/mol. The SMILES string of the molecule is Cc1ccccc1COc1cccc(C2C3=C(CC(C)(C)CC3=O)Nc3nnnn32)c1. The molecule has 2 aromatic carbocycles. The van der Waals surface area contributed by atoms with Crippen molar-refractivity contribution >= 4 is 11.7 Å². The number of aromatic nitrogens is 4. The maximum atomic E-state index is 13.2. The van der Waals surface area contributed by atoms with E-state index in [4.69, 9.17) is 4.74 Å². The molecular formula is C24H25N5O2. The second kappa shape index (κ2) is 7.34. The Balaban J connectivity index is 1.50.